The van der Waals surface area contributed by atoms with Crippen molar-refractivity contribution in [2.45, 2.75) is 19.4 Å². The largest absolute Gasteiger partial charge is 0.396 e. The third-order valence-electron chi connectivity index (χ3n) is 0.823. The molecule has 0 spiro atoms. The highest BCUT2D eigenvalue weighted by Crippen LogP contribution is 2.04. The highest BCUT2D eigenvalue weighted by molar-refractivity contribution is 7.17. The van der Waals surface area contributed by atoms with E-state index < -0.39 is 8.69 Å². The molecule has 0 aliphatic carbocycles. The molecule has 0 fully saturated rings. The van der Waals surface area contributed by atoms with E-state index in [9.17, 15) is 4.57 Å². The molecule has 0 heterocycles. The van der Waals surface area contributed by atoms with Gasteiger partial charge in [0.25, 0.3) is 0 Å². The molecule has 0 radical (unpaired) electrons. The minimum atomic E-state index is -1.11. The molecule has 2 atom stereocenters. The summed E-state index contributed by atoms with van der Waals surface area (Å²) >= 11 is 0. The van der Waals surface area contributed by atoms with Gasteiger partial charge in [-0.05, 0) is 13.3 Å². The van der Waals surface area contributed by atoms with Crippen LogP contribution < -0.4 is 0 Å². The van der Waals surface area contributed by atoms with Crippen LogP contribution in [0.1, 0.15) is 13.3 Å². The monoisotopic (exact) mass is 138 g/mol. The van der Waals surface area contributed by atoms with E-state index in [2.05, 4.69) is 4.52 Å². The number of aliphatic hydroxyl groups excluding tert-OH is 1. The first kappa shape index (κ1) is 8.15. The lowest BCUT2D eigenvalue weighted by molar-refractivity contribution is 0.183. The first-order valence-electron chi connectivity index (χ1n) is 2.51. The Bertz CT molecular complexity index is 66.3. The normalized spacial score (nSPS) is 15.2. The molecule has 4 heteroatoms. The molecule has 1 N–H and O–H groups in total. The maximum Gasteiger partial charge on any atom is 0.180 e. The van der Waals surface area contributed by atoms with Crippen molar-refractivity contribution in [2.75, 3.05) is 6.61 Å². The predicted molar refractivity (Wildman–Crippen MR) is 32.6 cm³/mol. The summed E-state index contributed by atoms with van der Waals surface area (Å²) in [6.45, 7) is 1.88. The van der Waals surface area contributed by atoms with Crippen LogP contribution >= 0.6 is 8.69 Å². The molecule has 3 nitrogen and oxygen atoms in total. The Labute approximate surface area is 49.9 Å². The molecule has 0 aromatic heterocycles. The molecule has 0 aromatic carbocycles. The van der Waals surface area contributed by atoms with Crippen LogP contribution in [0, 0.1) is 0 Å². The van der Waals surface area contributed by atoms with Gasteiger partial charge < -0.3 is 9.63 Å². The van der Waals surface area contributed by atoms with Crippen LogP contribution in [-0.2, 0) is 9.09 Å². The molecule has 0 saturated carbocycles. The summed E-state index contributed by atoms with van der Waals surface area (Å²) < 4.78 is 14.4. The molecule has 2 unspecified atom stereocenters. The zero-order valence-corrected chi connectivity index (χ0v) is 5.99. The fourth-order valence-electron chi connectivity index (χ4n) is 0.345. The highest BCUT2D eigenvalue weighted by Gasteiger charge is 1.96. The summed E-state index contributed by atoms with van der Waals surface area (Å²) in [6, 6.07) is 0. The van der Waals surface area contributed by atoms with Gasteiger partial charge in [0.2, 0.25) is 0 Å². The van der Waals surface area contributed by atoms with E-state index in [0.29, 0.717) is 6.42 Å². The highest BCUT2D eigenvalue weighted by atomic mass is 31.1. The molecule has 0 rings (SSSR count). The summed E-state index contributed by atoms with van der Waals surface area (Å²) in [7, 11) is -1.11. The first-order valence-corrected chi connectivity index (χ1v) is 3.45. The van der Waals surface area contributed by atoms with Crippen molar-refractivity contribution in [1.29, 1.82) is 0 Å². The third-order valence-corrected chi connectivity index (χ3v) is 1.40. The van der Waals surface area contributed by atoms with Gasteiger partial charge >= 0.3 is 0 Å². The van der Waals surface area contributed by atoms with E-state index in [4.69, 9.17) is 5.11 Å². The van der Waals surface area contributed by atoms with Gasteiger partial charge in [-0.25, -0.2) is 0 Å². The second kappa shape index (κ2) is 5.29. The minimum absolute atomic E-state index is 0.0625. The van der Waals surface area contributed by atoms with Gasteiger partial charge in [0.15, 0.2) is 8.69 Å². The van der Waals surface area contributed by atoms with Crippen LogP contribution in [0.15, 0.2) is 0 Å². The van der Waals surface area contributed by atoms with Gasteiger partial charge in [-0.2, -0.15) is 0 Å². The molecular formula is C4H11O3P. The standard InChI is InChI=1S/C4H11O3P/c1-4(2-3-5)7-8-6/h4-5H,2-3,8H2,1H3. The molecule has 8 heavy (non-hydrogen) atoms. The Morgan fingerprint density at radius 3 is 2.88 bits per heavy atom. The second-order valence-corrected chi connectivity index (χ2v) is 2.02. The topological polar surface area (TPSA) is 46.5 Å². The Balaban J connectivity index is 3.03. The zero-order chi connectivity index (χ0) is 6.41. The molecule has 0 aliphatic heterocycles. The Hall–Kier alpha value is 0.150. The van der Waals surface area contributed by atoms with Gasteiger partial charge in [0.05, 0.1) is 6.10 Å². The van der Waals surface area contributed by atoms with Crippen molar-refractivity contribution in [1.82, 2.24) is 0 Å². The number of hydrogen-bond acceptors (Lipinski definition) is 3. The fourth-order valence-corrected chi connectivity index (χ4v) is 0.670. The van der Waals surface area contributed by atoms with Gasteiger partial charge in [-0.3, -0.25) is 4.57 Å². The number of aliphatic hydroxyl groups is 1. The van der Waals surface area contributed by atoms with E-state index in [1.807, 2.05) is 0 Å². The Kier molecular flexibility index (Phi) is 5.39. The molecule has 0 amide bonds. The van der Waals surface area contributed by atoms with Crippen LogP contribution in [0.2, 0.25) is 0 Å². The van der Waals surface area contributed by atoms with Crippen LogP contribution in [0.5, 0.6) is 0 Å². The van der Waals surface area contributed by atoms with Crippen molar-refractivity contribution in [3.63, 3.8) is 0 Å². The Morgan fingerprint density at radius 1 is 1.88 bits per heavy atom. The van der Waals surface area contributed by atoms with E-state index >= 15 is 0 Å². The van der Waals surface area contributed by atoms with E-state index in [1.54, 1.807) is 6.92 Å². The first-order chi connectivity index (χ1) is 3.81. The van der Waals surface area contributed by atoms with E-state index in [0.717, 1.165) is 0 Å². The summed E-state index contributed by atoms with van der Waals surface area (Å²) in [5.41, 5.74) is 0. The van der Waals surface area contributed by atoms with Gasteiger partial charge in [-0.15, -0.1) is 0 Å². The lowest BCUT2D eigenvalue weighted by Crippen LogP contribution is -2.03. The third kappa shape index (κ3) is 4.31. The number of rotatable bonds is 4. The molecule has 0 aromatic rings. The molecule has 0 bridgehead atoms. The smallest absolute Gasteiger partial charge is 0.180 e. The summed E-state index contributed by atoms with van der Waals surface area (Å²) in [4.78, 5) is 0. The van der Waals surface area contributed by atoms with Gasteiger partial charge in [0.1, 0.15) is 0 Å². The lowest BCUT2D eigenvalue weighted by atomic mass is 10.3. The molecule has 50 valence electrons. The fraction of sp³-hybridized carbons (Fsp3) is 1.00. The average Bonchev–Trinajstić information content (AvgIpc) is 1.68. The quantitative estimate of drug-likeness (QED) is 0.573. The number of hydrogen-bond donors (Lipinski definition) is 1. The van der Waals surface area contributed by atoms with Crippen LogP contribution in [0.25, 0.3) is 0 Å². The van der Waals surface area contributed by atoms with Crippen molar-refractivity contribution >= 4 is 8.69 Å². The SMILES string of the molecule is CC(CCO)O[PH2]=O. The maximum absolute atomic E-state index is 9.79. The molecule has 0 saturated heterocycles. The minimum Gasteiger partial charge on any atom is -0.396 e. The molecular weight excluding hydrogens is 127 g/mol. The van der Waals surface area contributed by atoms with Gasteiger partial charge in [-0.1, -0.05) is 0 Å². The van der Waals surface area contributed by atoms with Crippen molar-refractivity contribution in [2.24, 2.45) is 0 Å². The van der Waals surface area contributed by atoms with Crippen molar-refractivity contribution in [3.8, 4) is 0 Å². The summed E-state index contributed by atoms with van der Waals surface area (Å²) in [5.74, 6) is 0. The predicted octanol–water partition coefficient (Wildman–Crippen LogP) is 0.445. The van der Waals surface area contributed by atoms with Crippen molar-refractivity contribution < 1.29 is 14.2 Å². The van der Waals surface area contributed by atoms with E-state index in [1.165, 1.54) is 0 Å². The Morgan fingerprint density at radius 2 is 2.50 bits per heavy atom. The van der Waals surface area contributed by atoms with Crippen LogP contribution in [0.4, 0.5) is 0 Å². The summed E-state index contributed by atoms with van der Waals surface area (Å²) in [6.07, 6.45) is 0.502. The van der Waals surface area contributed by atoms with Crippen molar-refractivity contribution in [3.05, 3.63) is 0 Å². The van der Waals surface area contributed by atoms with Crippen LogP contribution in [-0.4, -0.2) is 17.8 Å². The second-order valence-electron chi connectivity index (χ2n) is 1.56. The molecule has 0 aliphatic rings. The summed E-state index contributed by atoms with van der Waals surface area (Å²) in [5, 5.41) is 8.29. The maximum atomic E-state index is 9.79. The van der Waals surface area contributed by atoms with Gasteiger partial charge in [0, 0.05) is 6.61 Å². The average molecular weight is 138 g/mol. The zero-order valence-electron chi connectivity index (χ0n) is 4.83. The van der Waals surface area contributed by atoms with E-state index in [-0.39, 0.29) is 12.7 Å². The van der Waals surface area contributed by atoms with Crippen LogP contribution in [0.3, 0.4) is 0 Å². The lowest BCUT2D eigenvalue weighted by Gasteiger charge is -2.03.